The van der Waals surface area contributed by atoms with E-state index < -0.39 is 28.5 Å². The lowest BCUT2D eigenvalue weighted by molar-refractivity contribution is -0.139. The molecule has 0 aromatic carbocycles. The van der Waals surface area contributed by atoms with Crippen molar-refractivity contribution in [3.63, 3.8) is 0 Å². The van der Waals surface area contributed by atoms with Crippen molar-refractivity contribution in [1.82, 2.24) is 30.2 Å². The van der Waals surface area contributed by atoms with Crippen molar-refractivity contribution < 1.29 is 23.4 Å². The van der Waals surface area contributed by atoms with Crippen LogP contribution in [-0.4, -0.2) is 72.6 Å². The number of carbonyl (C=O) groups excluding carboxylic acids is 4. The van der Waals surface area contributed by atoms with Crippen LogP contribution in [0.4, 0.5) is 0 Å². The molecule has 2 heterocycles. The highest BCUT2D eigenvalue weighted by Crippen LogP contribution is 2.47. The molecule has 4 rings (SSSR count). The van der Waals surface area contributed by atoms with Crippen molar-refractivity contribution >= 4 is 34.6 Å². The lowest BCUT2D eigenvalue weighted by Gasteiger charge is -2.27. The van der Waals surface area contributed by atoms with E-state index in [2.05, 4.69) is 32.2 Å². The van der Waals surface area contributed by atoms with E-state index in [0.717, 1.165) is 44.9 Å². The molecule has 0 radical (unpaired) electrons. The largest absolute Gasteiger partial charge is 0.342 e. The summed E-state index contributed by atoms with van der Waals surface area (Å²) in [4.78, 5) is 61.5. The van der Waals surface area contributed by atoms with Gasteiger partial charge in [-0.25, -0.2) is 9.19 Å². The molecule has 214 valence electrons. The topological polar surface area (TPSA) is 150 Å². The molecule has 3 aliphatic rings. The molecule has 0 spiro atoms. The Balaban J connectivity index is 1.35. The van der Waals surface area contributed by atoms with E-state index in [4.69, 9.17) is 0 Å². The zero-order valence-corrected chi connectivity index (χ0v) is 23.7. The fraction of sp³-hybridized carbons (Fsp3) is 0.704. The number of nitrogens with one attached hydrogen (secondary N) is 3. The van der Waals surface area contributed by atoms with Crippen LogP contribution in [0, 0.1) is 12.8 Å². The Kier molecular flexibility index (Phi) is 9.68. The summed E-state index contributed by atoms with van der Waals surface area (Å²) in [5, 5.41) is 5.52. The van der Waals surface area contributed by atoms with Gasteiger partial charge in [-0.15, -0.1) is 0 Å². The van der Waals surface area contributed by atoms with Gasteiger partial charge in [-0.3, -0.25) is 28.9 Å². The minimum atomic E-state index is -1.44. The van der Waals surface area contributed by atoms with Gasteiger partial charge in [-0.05, 0) is 51.4 Å². The average Bonchev–Trinajstić information content (AvgIpc) is 3.83. The smallest absolute Gasteiger partial charge is 0.271 e. The molecule has 2 saturated carbocycles. The molecule has 11 nitrogen and oxygen atoms in total. The summed E-state index contributed by atoms with van der Waals surface area (Å²) in [5.41, 5.74) is -0.300. The van der Waals surface area contributed by atoms with E-state index in [0.29, 0.717) is 31.5 Å². The van der Waals surface area contributed by atoms with Gasteiger partial charge in [0.25, 0.3) is 11.8 Å². The molecule has 3 fully saturated rings. The van der Waals surface area contributed by atoms with Crippen LogP contribution in [0.1, 0.15) is 93.7 Å². The molecule has 1 aliphatic heterocycles. The zero-order chi connectivity index (χ0) is 28.0. The Bertz CT molecular complexity index is 1090. The van der Waals surface area contributed by atoms with Gasteiger partial charge in [0, 0.05) is 12.7 Å². The third-order valence-electron chi connectivity index (χ3n) is 7.82. The van der Waals surface area contributed by atoms with E-state index in [1.54, 1.807) is 6.92 Å². The maximum Gasteiger partial charge on any atom is 0.271 e. The predicted octanol–water partition coefficient (Wildman–Crippen LogP) is 1.68. The van der Waals surface area contributed by atoms with Crippen LogP contribution in [0.2, 0.25) is 0 Å². The molecule has 1 unspecified atom stereocenters. The van der Waals surface area contributed by atoms with Gasteiger partial charge in [0.1, 0.15) is 28.3 Å². The minimum absolute atomic E-state index is 0.00279. The van der Waals surface area contributed by atoms with Gasteiger partial charge in [-0.2, -0.15) is 0 Å². The Morgan fingerprint density at radius 2 is 1.85 bits per heavy atom. The number of amides is 4. The molecule has 12 heteroatoms. The van der Waals surface area contributed by atoms with Crippen LogP contribution in [0.5, 0.6) is 0 Å². The van der Waals surface area contributed by atoms with E-state index in [-0.39, 0.29) is 41.1 Å². The second-order valence-electron chi connectivity index (χ2n) is 11.0. The first-order valence-corrected chi connectivity index (χ1v) is 15.4. The maximum absolute atomic E-state index is 13.4. The fourth-order valence-corrected chi connectivity index (χ4v) is 6.30. The molecule has 1 aromatic rings. The quantitative estimate of drug-likeness (QED) is 0.293. The van der Waals surface area contributed by atoms with Gasteiger partial charge >= 0.3 is 0 Å². The van der Waals surface area contributed by atoms with Crippen LogP contribution in [0.25, 0.3) is 0 Å². The van der Waals surface area contributed by atoms with Crippen LogP contribution in [0.3, 0.4) is 0 Å². The third kappa shape index (κ3) is 7.40. The number of nitrogens with zero attached hydrogens (tertiary/aromatic N) is 3. The molecule has 2 aliphatic carbocycles. The van der Waals surface area contributed by atoms with E-state index in [1.807, 2.05) is 0 Å². The fourth-order valence-electron chi connectivity index (χ4n) is 5.21. The first-order valence-electron chi connectivity index (χ1n) is 14.1. The Morgan fingerprint density at radius 1 is 1.08 bits per heavy atom. The van der Waals surface area contributed by atoms with Crippen LogP contribution < -0.4 is 15.4 Å². The first kappa shape index (κ1) is 29.1. The number of aromatic nitrogens is 2. The van der Waals surface area contributed by atoms with E-state index in [9.17, 15) is 23.4 Å². The highest BCUT2D eigenvalue weighted by molar-refractivity contribution is 7.84. The number of carbonyl (C=O) groups is 4. The minimum Gasteiger partial charge on any atom is -0.342 e. The molecule has 0 bridgehead atoms. The van der Waals surface area contributed by atoms with Crippen molar-refractivity contribution in [3.8, 4) is 0 Å². The number of unbranched alkanes of at least 4 members (excludes halogenated alkanes) is 4. The monoisotopic (exact) mass is 560 g/mol. The van der Waals surface area contributed by atoms with Gasteiger partial charge in [0.2, 0.25) is 11.8 Å². The molecule has 1 aromatic heterocycles. The first-order chi connectivity index (χ1) is 18.7. The Labute approximate surface area is 232 Å². The van der Waals surface area contributed by atoms with Crippen molar-refractivity contribution in [2.24, 2.45) is 5.92 Å². The highest BCUT2D eigenvalue weighted by atomic mass is 32.2. The van der Waals surface area contributed by atoms with Crippen LogP contribution in [-0.2, 0) is 25.4 Å². The number of aryl methyl sites for hydroxylation is 1. The number of rotatable bonds is 14. The van der Waals surface area contributed by atoms with Crippen molar-refractivity contribution in [3.05, 3.63) is 23.8 Å². The highest BCUT2D eigenvalue weighted by Gasteiger charge is 2.61. The molecular weight excluding hydrogens is 520 g/mol. The summed E-state index contributed by atoms with van der Waals surface area (Å²) in [6.45, 7) is 4.04. The lowest BCUT2D eigenvalue weighted by Crippen LogP contribution is -2.56. The van der Waals surface area contributed by atoms with Crippen molar-refractivity contribution in [2.75, 3.05) is 13.1 Å². The zero-order valence-electron chi connectivity index (χ0n) is 22.9. The van der Waals surface area contributed by atoms with Gasteiger partial charge in [-0.1, -0.05) is 39.0 Å². The average molecular weight is 561 g/mol. The van der Waals surface area contributed by atoms with E-state index in [1.165, 1.54) is 23.7 Å². The summed E-state index contributed by atoms with van der Waals surface area (Å²) < 4.78 is 15.1. The van der Waals surface area contributed by atoms with Crippen molar-refractivity contribution in [2.45, 2.75) is 101 Å². The van der Waals surface area contributed by atoms with Gasteiger partial charge in [0.05, 0.1) is 23.7 Å². The Morgan fingerprint density at radius 3 is 2.54 bits per heavy atom. The number of hydrogen-bond donors (Lipinski definition) is 3. The predicted molar refractivity (Wildman–Crippen MR) is 146 cm³/mol. The van der Waals surface area contributed by atoms with Crippen molar-refractivity contribution in [1.29, 1.82) is 0 Å². The second-order valence-corrected chi connectivity index (χ2v) is 12.4. The number of likely N-dealkylation sites (tertiary alicyclic amines) is 1. The van der Waals surface area contributed by atoms with Crippen LogP contribution in [0.15, 0.2) is 12.4 Å². The second kappa shape index (κ2) is 13.0. The summed E-state index contributed by atoms with van der Waals surface area (Å²) in [6, 6.07) is -0.724. The lowest BCUT2D eigenvalue weighted by atomic mass is 10.0. The Hall–Kier alpha value is -2.89. The van der Waals surface area contributed by atoms with Gasteiger partial charge in [0.15, 0.2) is 0 Å². The molecular formula is C27H40N6O5S. The molecule has 3 N–H and O–H groups in total. The summed E-state index contributed by atoms with van der Waals surface area (Å²) >= 11 is 0. The molecule has 39 heavy (non-hydrogen) atoms. The number of hydrogen-bond acceptors (Lipinski definition) is 7. The summed E-state index contributed by atoms with van der Waals surface area (Å²) in [5.74, 6) is -1.67. The molecule has 4 amide bonds. The molecule has 1 saturated heterocycles. The van der Waals surface area contributed by atoms with Crippen LogP contribution >= 0.6 is 0 Å². The third-order valence-corrected chi connectivity index (χ3v) is 9.29. The normalized spacial score (nSPS) is 24.6. The maximum atomic E-state index is 13.4. The SMILES string of the molecule is CCCCCCC[C@@H]1C[C@]1(NC(=O)[C@@H]1CCCN1C(=O)CNC(=O)c1cnc(C)cn1)C(=O)NS(=O)C1CC1. The van der Waals surface area contributed by atoms with E-state index >= 15 is 0 Å². The standard InChI is InChI=1S/C27H40N6O5S/c1-3-4-5-6-7-9-19-14-27(19,26(37)32-39(38)20-11-12-20)31-25(36)22-10-8-13-33(22)23(34)17-30-24(35)21-16-28-18(2)15-29-21/h15-16,19-20,22H,3-14,17H2,1-2H3,(H,30,35)(H,31,36)(H,32,37)/t19-,22+,27-,39?/m1/s1. The van der Waals surface area contributed by atoms with Gasteiger partial charge < -0.3 is 15.5 Å². The summed E-state index contributed by atoms with van der Waals surface area (Å²) in [6.07, 6.45) is 12.5. The molecule has 4 atom stereocenters. The summed E-state index contributed by atoms with van der Waals surface area (Å²) in [7, 11) is -1.44.